The maximum atomic E-state index is 5.28. The maximum absolute atomic E-state index is 5.28. The van der Waals surface area contributed by atoms with Gasteiger partial charge in [0, 0.05) is 33.0 Å². The summed E-state index contributed by atoms with van der Waals surface area (Å²) in [6, 6.07) is 76.5. The molecule has 0 unspecified atom stereocenters. The third kappa shape index (κ3) is 6.56. The van der Waals surface area contributed by atoms with Crippen LogP contribution in [0.1, 0.15) is 0 Å². The van der Waals surface area contributed by atoms with Gasteiger partial charge < -0.3 is 0 Å². The lowest BCUT2D eigenvalue weighted by Gasteiger charge is -2.14. The number of fused-ring (bicyclic) bond motifs is 5. The minimum Gasteiger partial charge on any atom is -0.247 e. The second kappa shape index (κ2) is 15.0. The molecule has 2 heterocycles. The number of para-hydroxylation sites is 1. The molecule has 0 radical (unpaired) electrons. The van der Waals surface area contributed by atoms with Crippen LogP contribution in [0.15, 0.2) is 218 Å². The van der Waals surface area contributed by atoms with Crippen LogP contribution >= 0.6 is 0 Å². The third-order valence-corrected chi connectivity index (χ3v) is 11.3. The van der Waals surface area contributed by atoms with Gasteiger partial charge >= 0.3 is 0 Å². The molecule has 0 fully saturated rings. The Morgan fingerprint density at radius 1 is 0.233 bits per heavy atom. The Bertz CT molecular complexity index is 3330. The van der Waals surface area contributed by atoms with Gasteiger partial charge in [0.1, 0.15) is 0 Å². The van der Waals surface area contributed by atoms with Crippen molar-refractivity contribution in [1.29, 1.82) is 0 Å². The van der Waals surface area contributed by atoms with Crippen LogP contribution in [0.4, 0.5) is 0 Å². The number of pyridine rings is 1. The van der Waals surface area contributed by atoms with Gasteiger partial charge in [-0.25, -0.2) is 19.9 Å². The molecule has 0 atom stereocenters. The van der Waals surface area contributed by atoms with Crippen LogP contribution in [-0.2, 0) is 0 Å². The zero-order valence-electron chi connectivity index (χ0n) is 32.6. The lowest BCUT2D eigenvalue weighted by Crippen LogP contribution is -2.00. The number of nitrogens with zero attached hydrogens (tertiary/aromatic N) is 4. The van der Waals surface area contributed by atoms with Crippen molar-refractivity contribution in [1.82, 2.24) is 19.9 Å². The van der Waals surface area contributed by atoms with E-state index in [9.17, 15) is 0 Å². The first-order chi connectivity index (χ1) is 29.7. The molecule has 0 amide bonds. The molecule has 0 spiro atoms. The van der Waals surface area contributed by atoms with Crippen molar-refractivity contribution in [3.8, 4) is 78.8 Å². The van der Waals surface area contributed by atoms with E-state index in [1.165, 1.54) is 32.5 Å². The van der Waals surface area contributed by atoms with E-state index in [4.69, 9.17) is 19.9 Å². The Labute approximate surface area is 348 Å². The van der Waals surface area contributed by atoms with E-state index >= 15 is 0 Å². The van der Waals surface area contributed by atoms with Gasteiger partial charge in [-0.2, -0.15) is 0 Å². The second-order valence-corrected chi connectivity index (χ2v) is 15.0. The third-order valence-electron chi connectivity index (χ3n) is 11.3. The van der Waals surface area contributed by atoms with Crippen LogP contribution < -0.4 is 0 Å². The van der Waals surface area contributed by atoms with Crippen molar-refractivity contribution in [2.24, 2.45) is 0 Å². The van der Waals surface area contributed by atoms with Gasteiger partial charge in [0.2, 0.25) is 0 Å². The fourth-order valence-corrected chi connectivity index (χ4v) is 8.24. The quantitative estimate of drug-likeness (QED) is 0.152. The summed E-state index contributed by atoms with van der Waals surface area (Å²) in [5.41, 5.74) is 12.8. The summed E-state index contributed by atoms with van der Waals surface area (Å²) >= 11 is 0. The molecule has 4 heteroatoms. The highest BCUT2D eigenvalue weighted by Crippen LogP contribution is 2.39. The summed E-state index contributed by atoms with van der Waals surface area (Å²) in [7, 11) is 0. The molecule has 0 aliphatic carbocycles. The average Bonchev–Trinajstić information content (AvgIpc) is 3.34. The van der Waals surface area contributed by atoms with Gasteiger partial charge in [-0.1, -0.05) is 206 Å². The molecule has 280 valence electrons. The van der Waals surface area contributed by atoms with Crippen molar-refractivity contribution in [3.63, 3.8) is 0 Å². The van der Waals surface area contributed by atoms with E-state index in [-0.39, 0.29) is 0 Å². The Balaban J connectivity index is 0.904. The Morgan fingerprint density at radius 2 is 0.650 bits per heavy atom. The largest absolute Gasteiger partial charge is 0.247 e. The summed E-state index contributed by atoms with van der Waals surface area (Å²) in [5.74, 6) is 1.92. The molecule has 0 saturated carbocycles. The highest BCUT2D eigenvalue weighted by atomic mass is 15.0. The number of benzene rings is 9. The van der Waals surface area contributed by atoms with Crippen LogP contribution in [0.2, 0.25) is 0 Å². The van der Waals surface area contributed by atoms with Gasteiger partial charge in [-0.15, -0.1) is 0 Å². The molecule has 0 bridgehead atoms. The molecule has 60 heavy (non-hydrogen) atoms. The van der Waals surface area contributed by atoms with E-state index in [0.717, 1.165) is 61.3 Å². The molecule has 11 rings (SSSR count). The molecule has 4 nitrogen and oxygen atoms in total. The molecular formula is C56H36N4. The molecule has 11 aromatic rings. The van der Waals surface area contributed by atoms with Crippen molar-refractivity contribution in [2.45, 2.75) is 0 Å². The van der Waals surface area contributed by atoms with Gasteiger partial charge in [0.05, 0.1) is 11.2 Å². The summed E-state index contributed by atoms with van der Waals surface area (Å²) in [6.07, 6.45) is 0. The first-order valence-electron chi connectivity index (χ1n) is 20.2. The van der Waals surface area contributed by atoms with Crippen molar-refractivity contribution >= 4 is 32.4 Å². The van der Waals surface area contributed by atoms with E-state index in [2.05, 4.69) is 182 Å². The molecular weight excluding hydrogens is 729 g/mol. The molecule has 0 aliphatic heterocycles. The van der Waals surface area contributed by atoms with Crippen LogP contribution in [-0.4, -0.2) is 19.9 Å². The Hall–Kier alpha value is -8.08. The average molecular weight is 765 g/mol. The fourth-order valence-electron chi connectivity index (χ4n) is 8.24. The standard InChI is InChI=1S/C56H36N4/c1-3-12-37(13-4-1)38-26-30-44(31-27-38)55-58-54(43-15-5-2-6-16-43)59-56(60-55)45-32-28-40(29-33-45)39-22-24-41(25-23-39)46-17-11-18-47(36-46)53-52-48-19-8-7-14-42(48)34-35-50(52)49-20-9-10-21-51(49)57-53/h1-36H. The normalized spacial score (nSPS) is 11.3. The highest BCUT2D eigenvalue weighted by molar-refractivity contribution is 6.21. The zero-order chi connectivity index (χ0) is 39.8. The topological polar surface area (TPSA) is 51.6 Å². The maximum Gasteiger partial charge on any atom is 0.164 e. The lowest BCUT2D eigenvalue weighted by molar-refractivity contribution is 1.07. The second-order valence-electron chi connectivity index (χ2n) is 15.0. The van der Waals surface area contributed by atoms with E-state index in [1.807, 2.05) is 36.4 Å². The smallest absolute Gasteiger partial charge is 0.164 e. The molecule has 0 aliphatic rings. The molecule has 2 aromatic heterocycles. The highest BCUT2D eigenvalue weighted by Gasteiger charge is 2.16. The van der Waals surface area contributed by atoms with Crippen LogP contribution in [0, 0.1) is 0 Å². The molecule has 0 N–H and O–H groups in total. The van der Waals surface area contributed by atoms with E-state index in [0.29, 0.717) is 17.5 Å². The molecule has 9 aromatic carbocycles. The number of rotatable bonds is 7. The van der Waals surface area contributed by atoms with Crippen molar-refractivity contribution in [2.75, 3.05) is 0 Å². The SMILES string of the molecule is c1ccc(-c2ccc(-c3nc(-c4ccccc4)nc(-c4ccc(-c5ccc(-c6cccc(-c7nc8ccccc8c8ccc9ccccc9c78)c6)cc5)cc4)n3)cc2)cc1. The lowest BCUT2D eigenvalue weighted by atomic mass is 9.93. The minimum atomic E-state index is 0.634. The number of hydrogen-bond acceptors (Lipinski definition) is 4. The van der Waals surface area contributed by atoms with E-state index < -0.39 is 0 Å². The van der Waals surface area contributed by atoms with E-state index in [1.54, 1.807) is 0 Å². The predicted octanol–water partition coefficient (Wildman–Crippen LogP) is 14.4. The number of aromatic nitrogens is 4. The minimum absolute atomic E-state index is 0.634. The Kier molecular flexibility index (Phi) is 8.79. The molecule has 0 saturated heterocycles. The summed E-state index contributed by atoms with van der Waals surface area (Å²) in [4.78, 5) is 20.2. The van der Waals surface area contributed by atoms with Gasteiger partial charge in [-0.3, -0.25) is 0 Å². The van der Waals surface area contributed by atoms with Crippen LogP contribution in [0.3, 0.4) is 0 Å². The fraction of sp³-hybridized carbons (Fsp3) is 0. The summed E-state index contributed by atoms with van der Waals surface area (Å²) in [5, 5.41) is 6.00. The van der Waals surface area contributed by atoms with Gasteiger partial charge in [0.25, 0.3) is 0 Å². The van der Waals surface area contributed by atoms with Crippen molar-refractivity contribution < 1.29 is 0 Å². The zero-order valence-corrected chi connectivity index (χ0v) is 32.6. The summed E-state index contributed by atoms with van der Waals surface area (Å²) in [6.45, 7) is 0. The Morgan fingerprint density at radius 3 is 1.25 bits per heavy atom. The van der Waals surface area contributed by atoms with Gasteiger partial charge in [0.15, 0.2) is 17.5 Å². The first-order valence-corrected chi connectivity index (χ1v) is 20.2. The first kappa shape index (κ1) is 35.1. The van der Waals surface area contributed by atoms with Crippen molar-refractivity contribution in [3.05, 3.63) is 218 Å². The van der Waals surface area contributed by atoms with Crippen LogP contribution in [0.25, 0.3) is 111 Å². The van der Waals surface area contributed by atoms with Gasteiger partial charge in [-0.05, 0) is 61.7 Å². The van der Waals surface area contributed by atoms with Crippen LogP contribution in [0.5, 0.6) is 0 Å². The predicted molar refractivity (Wildman–Crippen MR) is 248 cm³/mol. The summed E-state index contributed by atoms with van der Waals surface area (Å²) < 4.78 is 0. The number of hydrogen-bond donors (Lipinski definition) is 0. The monoisotopic (exact) mass is 764 g/mol.